The van der Waals surface area contributed by atoms with Crippen molar-refractivity contribution >= 4 is 22.4 Å². The van der Waals surface area contributed by atoms with Crippen LogP contribution in [0.15, 0.2) is 24.3 Å². The number of alkyl halides is 3. The topological polar surface area (TPSA) is 25.8 Å². The Balaban J connectivity index is 1.88. The molecular formula is C15H14ClF3N2. The molecule has 1 saturated carbocycles. The maximum Gasteiger partial charge on any atom is 0.391 e. The van der Waals surface area contributed by atoms with Crippen molar-refractivity contribution in [1.82, 2.24) is 10.2 Å². The third kappa shape index (κ3) is 2.84. The number of hydrogen-bond donors (Lipinski definition) is 0. The molecule has 1 aliphatic carbocycles. The van der Waals surface area contributed by atoms with Gasteiger partial charge in [0.2, 0.25) is 0 Å². The quantitative estimate of drug-likeness (QED) is 0.730. The van der Waals surface area contributed by atoms with Gasteiger partial charge < -0.3 is 0 Å². The summed E-state index contributed by atoms with van der Waals surface area (Å²) in [5.74, 6) is -1.15. The standard InChI is InChI=1S/C15H14ClF3N2/c16-14-12-4-2-1-3-11(12)13(20-21-14)9-5-7-10(8-6-9)15(17,18)19/h1-4,9-10H,5-8H2. The summed E-state index contributed by atoms with van der Waals surface area (Å²) in [5.41, 5.74) is 0.774. The van der Waals surface area contributed by atoms with E-state index in [1.165, 1.54) is 0 Å². The van der Waals surface area contributed by atoms with E-state index in [0.29, 0.717) is 18.0 Å². The zero-order valence-electron chi connectivity index (χ0n) is 11.2. The maximum absolute atomic E-state index is 12.7. The van der Waals surface area contributed by atoms with E-state index in [0.717, 1.165) is 16.5 Å². The van der Waals surface area contributed by atoms with Gasteiger partial charge in [0.25, 0.3) is 0 Å². The highest BCUT2D eigenvalue weighted by atomic mass is 35.5. The highest BCUT2D eigenvalue weighted by molar-refractivity contribution is 6.34. The van der Waals surface area contributed by atoms with Crippen molar-refractivity contribution in [2.24, 2.45) is 5.92 Å². The van der Waals surface area contributed by atoms with Gasteiger partial charge in [-0.25, -0.2) is 0 Å². The van der Waals surface area contributed by atoms with Gasteiger partial charge in [0.15, 0.2) is 5.15 Å². The molecule has 0 unspecified atom stereocenters. The molecule has 0 N–H and O–H groups in total. The molecule has 0 radical (unpaired) electrons. The molecule has 1 heterocycles. The predicted octanol–water partition coefficient (Wildman–Crippen LogP) is 5.12. The Morgan fingerprint density at radius 3 is 2.19 bits per heavy atom. The molecule has 1 fully saturated rings. The van der Waals surface area contributed by atoms with Gasteiger partial charge >= 0.3 is 6.18 Å². The van der Waals surface area contributed by atoms with Crippen LogP contribution >= 0.6 is 11.6 Å². The van der Waals surface area contributed by atoms with Gasteiger partial charge in [-0.2, -0.15) is 18.3 Å². The van der Waals surface area contributed by atoms with Crippen molar-refractivity contribution in [1.29, 1.82) is 0 Å². The fraction of sp³-hybridized carbons (Fsp3) is 0.467. The lowest BCUT2D eigenvalue weighted by molar-refractivity contribution is -0.182. The van der Waals surface area contributed by atoms with Gasteiger partial charge in [-0.15, -0.1) is 5.10 Å². The van der Waals surface area contributed by atoms with Crippen molar-refractivity contribution in [3.05, 3.63) is 35.1 Å². The Morgan fingerprint density at radius 2 is 1.57 bits per heavy atom. The first-order valence-electron chi connectivity index (χ1n) is 6.94. The molecule has 2 aromatic rings. The van der Waals surface area contributed by atoms with Gasteiger partial charge in [-0.05, 0) is 25.7 Å². The second kappa shape index (κ2) is 5.44. The highest BCUT2D eigenvalue weighted by Crippen LogP contribution is 2.43. The predicted molar refractivity (Wildman–Crippen MR) is 75.3 cm³/mol. The van der Waals surface area contributed by atoms with Crippen LogP contribution in [0.2, 0.25) is 5.15 Å². The summed E-state index contributed by atoms with van der Waals surface area (Å²) in [6.07, 6.45) is -2.78. The first-order valence-corrected chi connectivity index (χ1v) is 7.32. The Labute approximate surface area is 125 Å². The molecule has 2 nitrogen and oxygen atoms in total. The summed E-state index contributed by atoms with van der Waals surface area (Å²) in [6, 6.07) is 7.50. The van der Waals surface area contributed by atoms with Crippen LogP contribution in [0.1, 0.15) is 37.3 Å². The van der Waals surface area contributed by atoms with Crippen LogP contribution in [-0.2, 0) is 0 Å². The van der Waals surface area contributed by atoms with E-state index in [4.69, 9.17) is 11.6 Å². The van der Waals surface area contributed by atoms with E-state index in [2.05, 4.69) is 10.2 Å². The second-order valence-corrected chi connectivity index (χ2v) is 5.87. The zero-order chi connectivity index (χ0) is 15.0. The average Bonchev–Trinajstić information content (AvgIpc) is 2.47. The molecule has 0 saturated heterocycles. The smallest absolute Gasteiger partial charge is 0.171 e. The van der Waals surface area contributed by atoms with E-state index in [1.807, 2.05) is 24.3 Å². The summed E-state index contributed by atoms with van der Waals surface area (Å²) in [7, 11) is 0. The summed E-state index contributed by atoms with van der Waals surface area (Å²) < 4.78 is 38.2. The van der Waals surface area contributed by atoms with Crippen molar-refractivity contribution in [3.8, 4) is 0 Å². The minimum atomic E-state index is -4.08. The van der Waals surface area contributed by atoms with E-state index in [-0.39, 0.29) is 18.8 Å². The largest absolute Gasteiger partial charge is 0.391 e. The highest BCUT2D eigenvalue weighted by Gasteiger charge is 2.42. The van der Waals surface area contributed by atoms with E-state index in [1.54, 1.807) is 0 Å². The van der Waals surface area contributed by atoms with Crippen LogP contribution in [-0.4, -0.2) is 16.4 Å². The fourth-order valence-corrected chi connectivity index (χ4v) is 3.29. The van der Waals surface area contributed by atoms with E-state index < -0.39 is 12.1 Å². The van der Waals surface area contributed by atoms with Gasteiger partial charge in [-0.1, -0.05) is 35.9 Å². The molecule has 0 bridgehead atoms. The molecule has 6 heteroatoms. The van der Waals surface area contributed by atoms with E-state index in [9.17, 15) is 13.2 Å². The third-order valence-electron chi connectivity index (χ3n) is 4.25. The Kier molecular flexibility index (Phi) is 3.78. The summed E-state index contributed by atoms with van der Waals surface area (Å²) in [6.45, 7) is 0. The van der Waals surface area contributed by atoms with Gasteiger partial charge in [0, 0.05) is 16.7 Å². The minimum Gasteiger partial charge on any atom is -0.171 e. The van der Waals surface area contributed by atoms with Gasteiger partial charge in [0.1, 0.15) is 0 Å². The molecule has 3 rings (SSSR count). The number of halogens is 4. The molecule has 0 amide bonds. The normalized spacial score (nSPS) is 23.4. The maximum atomic E-state index is 12.7. The number of fused-ring (bicyclic) bond motifs is 1. The molecule has 21 heavy (non-hydrogen) atoms. The summed E-state index contributed by atoms with van der Waals surface area (Å²) in [5, 5.41) is 10.1. The molecule has 1 aliphatic rings. The monoisotopic (exact) mass is 314 g/mol. The van der Waals surface area contributed by atoms with Crippen molar-refractivity contribution in [3.63, 3.8) is 0 Å². The second-order valence-electron chi connectivity index (χ2n) is 5.51. The summed E-state index contributed by atoms with van der Waals surface area (Å²) >= 11 is 6.03. The molecule has 0 spiro atoms. The van der Waals surface area contributed by atoms with Crippen molar-refractivity contribution < 1.29 is 13.2 Å². The SMILES string of the molecule is FC(F)(F)C1CCC(c2nnc(Cl)c3ccccc23)CC1. The number of benzene rings is 1. The van der Waals surface area contributed by atoms with Crippen LogP contribution in [0, 0.1) is 5.92 Å². The van der Waals surface area contributed by atoms with Crippen LogP contribution in [0.3, 0.4) is 0 Å². The third-order valence-corrected chi connectivity index (χ3v) is 4.53. The number of aromatic nitrogens is 2. The Bertz CT molecular complexity index is 649. The van der Waals surface area contributed by atoms with Crippen LogP contribution in [0.4, 0.5) is 13.2 Å². The lowest BCUT2D eigenvalue weighted by Gasteiger charge is -2.29. The average molecular weight is 315 g/mol. The van der Waals surface area contributed by atoms with Crippen LogP contribution in [0.5, 0.6) is 0 Å². The van der Waals surface area contributed by atoms with Crippen LogP contribution in [0.25, 0.3) is 10.8 Å². The first kappa shape index (κ1) is 14.6. The Morgan fingerprint density at radius 1 is 0.952 bits per heavy atom. The first-order chi connectivity index (χ1) is 9.97. The van der Waals surface area contributed by atoms with Crippen LogP contribution < -0.4 is 0 Å². The number of rotatable bonds is 1. The van der Waals surface area contributed by atoms with Crippen molar-refractivity contribution in [2.45, 2.75) is 37.8 Å². The number of nitrogens with zero attached hydrogens (tertiary/aromatic N) is 2. The van der Waals surface area contributed by atoms with Gasteiger partial charge in [0.05, 0.1) is 11.6 Å². The summed E-state index contributed by atoms with van der Waals surface area (Å²) in [4.78, 5) is 0. The molecule has 1 aromatic carbocycles. The molecule has 0 atom stereocenters. The molecular weight excluding hydrogens is 301 g/mol. The lowest BCUT2D eigenvalue weighted by Crippen LogP contribution is -2.27. The molecule has 1 aromatic heterocycles. The fourth-order valence-electron chi connectivity index (χ4n) is 3.09. The van der Waals surface area contributed by atoms with Gasteiger partial charge in [-0.3, -0.25) is 0 Å². The zero-order valence-corrected chi connectivity index (χ0v) is 12.0. The molecule has 0 aliphatic heterocycles. The lowest BCUT2D eigenvalue weighted by atomic mass is 9.79. The minimum absolute atomic E-state index is 0.0262. The Hall–Kier alpha value is -1.36. The van der Waals surface area contributed by atoms with E-state index >= 15 is 0 Å². The number of hydrogen-bond acceptors (Lipinski definition) is 2. The molecule has 112 valence electrons. The van der Waals surface area contributed by atoms with Crippen molar-refractivity contribution in [2.75, 3.05) is 0 Å².